The first kappa shape index (κ1) is 12.8. The number of thioether (sulfide) groups is 1. The first-order valence-electron chi connectivity index (χ1n) is 7.09. The fourth-order valence-corrected chi connectivity index (χ4v) is 4.78. The Hall–Kier alpha value is -1.89. The molecule has 2 aromatic rings. The molecule has 4 rings (SSSR count). The SMILES string of the molecule is O/N=C1\[C@H]2CC[C@H](C2)[C@H]1Sc1nnnn1-c1ccccc1. The zero-order valence-corrected chi connectivity index (χ0v) is 12.1. The third-order valence-corrected chi connectivity index (χ3v) is 5.75. The van der Waals surface area contributed by atoms with E-state index in [-0.39, 0.29) is 5.25 Å². The topological polar surface area (TPSA) is 76.2 Å². The number of nitrogens with zero attached hydrogens (tertiary/aromatic N) is 5. The van der Waals surface area contributed by atoms with Gasteiger partial charge in [0.25, 0.3) is 0 Å². The van der Waals surface area contributed by atoms with Gasteiger partial charge in [-0.15, -0.1) is 5.10 Å². The summed E-state index contributed by atoms with van der Waals surface area (Å²) in [6.45, 7) is 0. The summed E-state index contributed by atoms with van der Waals surface area (Å²) in [6.07, 6.45) is 3.48. The van der Waals surface area contributed by atoms with E-state index in [2.05, 4.69) is 20.7 Å². The standard InChI is InChI=1S/C14H15N5OS/c20-16-12-9-6-7-10(8-9)13(12)21-14-15-17-18-19(14)11-4-2-1-3-5-11/h1-5,9-10,13,20H,6-8H2/b16-12+/t9-,10+,13+/m0/s1. The Kier molecular flexibility index (Phi) is 3.14. The predicted octanol–water partition coefficient (Wildman–Crippen LogP) is 2.38. The molecule has 0 saturated heterocycles. The number of tetrazole rings is 1. The van der Waals surface area contributed by atoms with Crippen LogP contribution in [0.4, 0.5) is 0 Å². The molecule has 7 heteroatoms. The molecule has 1 aromatic heterocycles. The Morgan fingerprint density at radius 1 is 1.24 bits per heavy atom. The van der Waals surface area contributed by atoms with Crippen molar-refractivity contribution in [2.24, 2.45) is 17.0 Å². The maximum Gasteiger partial charge on any atom is 0.214 e. The highest BCUT2D eigenvalue weighted by molar-refractivity contribution is 8.00. The molecule has 3 atom stereocenters. The van der Waals surface area contributed by atoms with Crippen molar-refractivity contribution < 1.29 is 5.21 Å². The van der Waals surface area contributed by atoms with Gasteiger partial charge in [0.05, 0.1) is 16.6 Å². The Labute approximate surface area is 126 Å². The van der Waals surface area contributed by atoms with E-state index in [0.717, 1.165) is 29.4 Å². The van der Waals surface area contributed by atoms with Crippen LogP contribution in [-0.2, 0) is 0 Å². The van der Waals surface area contributed by atoms with Gasteiger partial charge in [0.15, 0.2) is 0 Å². The number of aromatic nitrogens is 4. The zero-order valence-electron chi connectivity index (χ0n) is 11.3. The number of para-hydroxylation sites is 1. The molecule has 2 fully saturated rings. The van der Waals surface area contributed by atoms with Gasteiger partial charge in [-0.2, -0.15) is 4.68 Å². The Bertz CT molecular complexity index is 671. The molecule has 6 nitrogen and oxygen atoms in total. The second-order valence-electron chi connectivity index (χ2n) is 5.54. The third kappa shape index (κ3) is 2.12. The number of benzene rings is 1. The lowest BCUT2D eigenvalue weighted by Crippen LogP contribution is -2.25. The maximum atomic E-state index is 9.29. The van der Waals surface area contributed by atoms with E-state index >= 15 is 0 Å². The fourth-order valence-electron chi connectivity index (χ4n) is 3.43. The van der Waals surface area contributed by atoms with Crippen LogP contribution in [0.1, 0.15) is 19.3 Å². The lowest BCUT2D eigenvalue weighted by atomic mass is 9.98. The molecule has 1 heterocycles. The molecule has 0 radical (unpaired) electrons. The average molecular weight is 301 g/mol. The van der Waals surface area contributed by atoms with Crippen molar-refractivity contribution in [3.63, 3.8) is 0 Å². The van der Waals surface area contributed by atoms with Gasteiger partial charge >= 0.3 is 0 Å². The number of hydrogen-bond acceptors (Lipinski definition) is 6. The molecule has 0 aliphatic heterocycles. The quantitative estimate of drug-likeness (QED) is 0.696. The molecule has 0 amide bonds. The molecular formula is C14H15N5OS. The molecule has 21 heavy (non-hydrogen) atoms. The first-order chi connectivity index (χ1) is 10.4. The van der Waals surface area contributed by atoms with Crippen LogP contribution in [0.2, 0.25) is 0 Å². The summed E-state index contributed by atoms with van der Waals surface area (Å²) in [5, 5.41) is 25.8. The van der Waals surface area contributed by atoms with E-state index < -0.39 is 0 Å². The normalized spacial score (nSPS) is 29.3. The number of oxime groups is 1. The number of hydrogen-bond donors (Lipinski definition) is 1. The molecule has 1 N–H and O–H groups in total. The number of fused-ring (bicyclic) bond motifs is 2. The molecule has 2 aliphatic carbocycles. The Morgan fingerprint density at radius 2 is 2.10 bits per heavy atom. The number of rotatable bonds is 3. The van der Waals surface area contributed by atoms with Gasteiger partial charge in [-0.25, -0.2) is 0 Å². The smallest absolute Gasteiger partial charge is 0.214 e. The van der Waals surface area contributed by atoms with Crippen molar-refractivity contribution in [3.8, 4) is 5.69 Å². The van der Waals surface area contributed by atoms with E-state index in [0.29, 0.717) is 11.8 Å². The molecule has 2 saturated carbocycles. The van der Waals surface area contributed by atoms with Crippen LogP contribution in [0, 0.1) is 11.8 Å². The van der Waals surface area contributed by atoms with Gasteiger partial charge in [0, 0.05) is 5.92 Å². The van der Waals surface area contributed by atoms with Crippen LogP contribution in [0.5, 0.6) is 0 Å². The first-order valence-corrected chi connectivity index (χ1v) is 7.97. The van der Waals surface area contributed by atoms with Crippen molar-refractivity contribution in [1.82, 2.24) is 20.2 Å². The monoisotopic (exact) mass is 301 g/mol. The second kappa shape index (κ2) is 5.14. The van der Waals surface area contributed by atoms with E-state index in [1.54, 1.807) is 16.4 Å². The summed E-state index contributed by atoms with van der Waals surface area (Å²) < 4.78 is 1.74. The summed E-state index contributed by atoms with van der Waals surface area (Å²) in [6, 6.07) is 9.84. The van der Waals surface area contributed by atoms with Crippen molar-refractivity contribution in [2.75, 3.05) is 0 Å². The van der Waals surface area contributed by atoms with Gasteiger partial charge in [0.2, 0.25) is 5.16 Å². The van der Waals surface area contributed by atoms with Gasteiger partial charge in [-0.1, -0.05) is 35.1 Å². The summed E-state index contributed by atoms with van der Waals surface area (Å²) in [7, 11) is 0. The average Bonchev–Trinajstić information content (AvgIpc) is 3.23. The van der Waals surface area contributed by atoms with Gasteiger partial charge in [-0.05, 0) is 47.7 Å². The highest BCUT2D eigenvalue weighted by atomic mass is 32.2. The Morgan fingerprint density at radius 3 is 2.90 bits per heavy atom. The van der Waals surface area contributed by atoms with Crippen LogP contribution in [0.15, 0.2) is 40.6 Å². The van der Waals surface area contributed by atoms with Crippen LogP contribution >= 0.6 is 11.8 Å². The van der Waals surface area contributed by atoms with Gasteiger partial charge in [-0.3, -0.25) is 0 Å². The summed E-state index contributed by atoms with van der Waals surface area (Å²) in [5.41, 5.74) is 1.86. The summed E-state index contributed by atoms with van der Waals surface area (Å²) in [5.74, 6) is 1.02. The van der Waals surface area contributed by atoms with E-state index in [1.807, 2.05) is 30.3 Å². The van der Waals surface area contributed by atoms with Gasteiger partial charge < -0.3 is 5.21 Å². The molecule has 2 aliphatic rings. The van der Waals surface area contributed by atoms with Crippen molar-refractivity contribution in [1.29, 1.82) is 0 Å². The van der Waals surface area contributed by atoms with E-state index in [9.17, 15) is 5.21 Å². The molecule has 0 unspecified atom stereocenters. The molecule has 2 bridgehead atoms. The zero-order chi connectivity index (χ0) is 14.2. The highest BCUT2D eigenvalue weighted by Gasteiger charge is 2.46. The minimum absolute atomic E-state index is 0.196. The Balaban J connectivity index is 1.63. The van der Waals surface area contributed by atoms with Gasteiger partial charge in [0.1, 0.15) is 0 Å². The van der Waals surface area contributed by atoms with Crippen LogP contribution in [0.3, 0.4) is 0 Å². The second-order valence-corrected chi connectivity index (χ2v) is 6.65. The lowest BCUT2D eigenvalue weighted by molar-refractivity contribution is 0.314. The molecule has 0 spiro atoms. The fraction of sp³-hybridized carbons (Fsp3) is 0.429. The van der Waals surface area contributed by atoms with E-state index in [4.69, 9.17) is 0 Å². The largest absolute Gasteiger partial charge is 0.411 e. The predicted molar refractivity (Wildman–Crippen MR) is 78.9 cm³/mol. The van der Waals surface area contributed by atoms with Crippen molar-refractivity contribution in [3.05, 3.63) is 30.3 Å². The third-order valence-electron chi connectivity index (χ3n) is 4.40. The van der Waals surface area contributed by atoms with Crippen molar-refractivity contribution in [2.45, 2.75) is 29.7 Å². The summed E-state index contributed by atoms with van der Waals surface area (Å²) >= 11 is 1.61. The lowest BCUT2D eigenvalue weighted by Gasteiger charge is -2.21. The van der Waals surface area contributed by atoms with Crippen LogP contribution in [0.25, 0.3) is 5.69 Å². The van der Waals surface area contributed by atoms with Crippen LogP contribution in [-0.4, -0.2) is 36.4 Å². The minimum atomic E-state index is 0.196. The maximum absolute atomic E-state index is 9.29. The molecular weight excluding hydrogens is 286 g/mol. The molecule has 1 aromatic carbocycles. The molecule has 108 valence electrons. The summed E-state index contributed by atoms with van der Waals surface area (Å²) in [4.78, 5) is 0. The highest BCUT2D eigenvalue weighted by Crippen LogP contribution is 2.49. The van der Waals surface area contributed by atoms with Crippen LogP contribution < -0.4 is 0 Å². The minimum Gasteiger partial charge on any atom is -0.411 e. The van der Waals surface area contributed by atoms with E-state index in [1.165, 1.54) is 6.42 Å². The van der Waals surface area contributed by atoms with Crippen molar-refractivity contribution >= 4 is 17.5 Å².